The minimum absolute atomic E-state index is 0.102. The smallest absolute Gasteiger partial charge is 0.359 e. The molecule has 1 aromatic carbocycles. The van der Waals surface area contributed by atoms with Gasteiger partial charge in [0.2, 0.25) is 11.8 Å². The van der Waals surface area contributed by atoms with E-state index in [1.165, 1.54) is 18.0 Å². The average molecular weight is 386 g/mol. The van der Waals surface area contributed by atoms with Crippen molar-refractivity contribution in [2.24, 2.45) is 0 Å². The molecule has 10 heteroatoms. The predicted molar refractivity (Wildman–Crippen MR) is 90.7 cm³/mol. The third-order valence-corrected chi connectivity index (χ3v) is 4.19. The van der Waals surface area contributed by atoms with Gasteiger partial charge in [0, 0.05) is 26.7 Å². The van der Waals surface area contributed by atoms with Crippen LogP contribution in [-0.4, -0.2) is 55.5 Å². The van der Waals surface area contributed by atoms with E-state index in [1.807, 2.05) is 0 Å². The number of halogens is 3. The maximum atomic E-state index is 12.7. The van der Waals surface area contributed by atoms with Crippen LogP contribution in [0.15, 0.2) is 24.3 Å². The monoisotopic (exact) mass is 386 g/mol. The van der Waals surface area contributed by atoms with Gasteiger partial charge in [-0.1, -0.05) is 18.2 Å². The molecular weight excluding hydrogens is 365 g/mol. The van der Waals surface area contributed by atoms with Crippen LogP contribution < -0.4 is 16.0 Å². The number of nitrogens with zero attached hydrogens (tertiary/aromatic N) is 1. The van der Waals surface area contributed by atoms with Crippen molar-refractivity contribution in [1.82, 2.24) is 20.9 Å². The molecule has 1 aromatic rings. The van der Waals surface area contributed by atoms with Gasteiger partial charge in [-0.2, -0.15) is 13.2 Å². The highest BCUT2D eigenvalue weighted by molar-refractivity contribution is 5.92. The molecule has 1 heterocycles. The summed E-state index contributed by atoms with van der Waals surface area (Å²) in [6.45, 7) is 0.609. The number of hydrogen-bond donors (Lipinski definition) is 3. The normalized spacial score (nSPS) is 17.3. The van der Waals surface area contributed by atoms with Gasteiger partial charge in [0.25, 0.3) is 0 Å². The van der Waals surface area contributed by atoms with E-state index in [0.29, 0.717) is 5.56 Å². The van der Waals surface area contributed by atoms with Crippen LogP contribution in [0.3, 0.4) is 0 Å². The molecular formula is C17H21F3N4O3. The first kappa shape index (κ1) is 20.5. The molecule has 0 aliphatic carbocycles. The van der Waals surface area contributed by atoms with Crippen LogP contribution in [0.4, 0.5) is 18.0 Å². The van der Waals surface area contributed by atoms with Gasteiger partial charge in [0.1, 0.15) is 6.04 Å². The van der Waals surface area contributed by atoms with E-state index in [2.05, 4.69) is 16.0 Å². The van der Waals surface area contributed by atoms with Crippen molar-refractivity contribution in [3.05, 3.63) is 35.4 Å². The summed E-state index contributed by atoms with van der Waals surface area (Å²) in [5.74, 6) is -0.795. The minimum atomic E-state index is -4.42. The van der Waals surface area contributed by atoms with Gasteiger partial charge >= 0.3 is 12.2 Å². The van der Waals surface area contributed by atoms with Gasteiger partial charge in [-0.05, 0) is 18.1 Å². The van der Waals surface area contributed by atoms with E-state index in [0.717, 1.165) is 12.1 Å². The van der Waals surface area contributed by atoms with Crippen LogP contribution in [0.5, 0.6) is 0 Å². The number of carbonyl (C=O) groups is 3. The number of carbonyl (C=O) groups excluding carboxylic acids is 3. The second-order valence-electron chi connectivity index (χ2n) is 6.06. The molecule has 1 saturated heterocycles. The Bertz CT molecular complexity index is 709. The molecule has 0 aromatic heterocycles. The molecule has 1 atom stereocenters. The van der Waals surface area contributed by atoms with Crippen molar-refractivity contribution in [3.63, 3.8) is 0 Å². The number of urea groups is 1. The molecule has 3 N–H and O–H groups in total. The van der Waals surface area contributed by atoms with Gasteiger partial charge in [0.05, 0.1) is 12.0 Å². The quantitative estimate of drug-likeness (QED) is 0.702. The number of alkyl halides is 3. The summed E-state index contributed by atoms with van der Waals surface area (Å²) < 4.78 is 38.2. The van der Waals surface area contributed by atoms with Crippen molar-refractivity contribution in [3.8, 4) is 0 Å². The third kappa shape index (κ3) is 5.60. The van der Waals surface area contributed by atoms with E-state index in [4.69, 9.17) is 0 Å². The number of rotatable bonds is 5. The zero-order chi connectivity index (χ0) is 20.0. The third-order valence-electron chi connectivity index (χ3n) is 4.19. The molecule has 2 rings (SSSR count). The summed E-state index contributed by atoms with van der Waals surface area (Å²) in [4.78, 5) is 37.2. The SMILES string of the molecule is CNC(=O)C[C@@H]1C(=O)NCCN1C(=O)NCCc1cccc(C(F)(F)F)c1. The number of benzene rings is 1. The number of piperazine rings is 1. The zero-order valence-corrected chi connectivity index (χ0v) is 14.7. The van der Waals surface area contributed by atoms with Crippen molar-refractivity contribution in [2.75, 3.05) is 26.7 Å². The van der Waals surface area contributed by atoms with E-state index in [9.17, 15) is 27.6 Å². The Morgan fingerprint density at radius 3 is 2.74 bits per heavy atom. The molecule has 0 radical (unpaired) electrons. The molecule has 0 saturated carbocycles. The Labute approximate surface area is 154 Å². The summed E-state index contributed by atoms with van der Waals surface area (Å²) in [7, 11) is 1.43. The van der Waals surface area contributed by atoms with Crippen LogP contribution >= 0.6 is 0 Å². The molecule has 1 aliphatic rings. The van der Waals surface area contributed by atoms with Gasteiger partial charge in [0.15, 0.2) is 0 Å². The number of nitrogens with one attached hydrogen (secondary N) is 3. The van der Waals surface area contributed by atoms with Crippen molar-refractivity contribution >= 4 is 17.8 Å². The first-order valence-electron chi connectivity index (χ1n) is 8.41. The lowest BCUT2D eigenvalue weighted by molar-refractivity contribution is -0.137. The Morgan fingerprint density at radius 1 is 1.33 bits per heavy atom. The highest BCUT2D eigenvalue weighted by Gasteiger charge is 2.34. The first-order valence-corrected chi connectivity index (χ1v) is 8.41. The number of amides is 4. The lowest BCUT2D eigenvalue weighted by Gasteiger charge is -2.34. The molecule has 27 heavy (non-hydrogen) atoms. The summed E-state index contributed by atoms with van der Waals surface area (Å²) in [6.07, 6.45) is -4.38. The fraction of sp³-hybridized carbons (Fsp3) is 0.471. The van der Waals surface area contributed by atoms with Gasteiger partial charge in [-0.15, -0.1) is 0 Å². The van der Waals surface area contributed by atoms with Crippen LogP contribution in [-0.2, 0) is 22.2 Å². The molecule has 0 spiro atoms. The largest absolute Gasteiger partial charge is 0.416 e. The van der Waals surface area contributed by atoms with E-state index >= 15 is 0 Å². The van der Waals surface area contributed by atoms with E-state index in [1.54, 1.807) is 6.07 Å². The van der Waals surface area contributed by atoms with E-state index in [-0.39, 0.29) is 38.4 Å². The Balaban J connectivity index is 1.94. The second-order valence-corrected chi connectivity index (χ2v) is 6.06. The van der Waals surface area contributed by atoms with Crippen molar-refractivity contribution in [1.29, 1.82) is 0 Å². The molecule has 1 aliphatic heterocycles. The highest BCUT2D eigenvalue weighted by atomic mass is 19.4. The van der Waals surface area contributed by atoms with Crippen LogP contribution in [0.25, 0.3) is 0 Å². The number of hydrogen-bond acceptors (Lipinski definition) is 3. The van der Waals surface area contributed by atoms with Gasteiger partial charge < -0.3 is 20.9 Å². The Kier molecular flexibility index (Phi) is 6.65. The van der Waals surface area contributed by atoms with Crippen LogP contribution in [0, 0.1) is 0 Å². The molecule has 148 valence electrons. The average Bonchev–Trinajstić information content (AvgIpc) is 2.62. The highest BCUT2D eigenvalue weighted by Crippen LogP contribution is 2.29. The van der Waals surface area contributed by atoms with Gasteiger partial charge in [-0.3, -0.25) is 9.59 Å². The first-order chi connectivity index (χ1) is 12.7. The molecule has 1 fully saturated rings. The standard InChI is InChI=1S/C17H21F3N4O3/c1-21-14(25)10-13-15(26)22-7-8-24(13)16(27)23-6-5-11-3-2-4-12(9-11)17(18,19)20/h2-4,9,13H,5-8,10H2,1H3,(H,21,25)(H,22,26)(H,23,27)/t13-/m1/s1. The summed E-state index contributed by atoms with van der Waals surface area (Å²) in [6, 6.07) is 3.42. The molecule has 4 amide bonds. The Hall–Kier alpha value is -2.78. The second kappa shape index (κ2) is 8.74. The minimum Gasteiger partial charge on any atom is -0.359 e. The summed E-state index contributed by atoms with van der Waals surface area (Å²) in [5.41, 5.74) is -0.312. The maximum Gasteiger partial charge on any atom is 0.416 e. The lowest BCUT2D eigenvalue weighted by atomic mass is 10.1. The van der Waals surface area contributed by atoms with Crippen molar-refractivity contribution < 1.29 is 27.6 Å². The zero-order valence-electron chi connectivity index (χ0n) is 14.7. The molecule has 0 bridgehead atoms. The molecule has 7 nitrogen and oxygen atoms in total. The van der Waals surface area contributed by atoms with Crippen molar-refractivity contribution in [2.45, 2.75) is 25.1 Å². The maximum absolute atomic E-state index is 12.7. The fourth-order valence-electron chi connectivity index (χ4n) is 2.76. The Morgan fingerprint density at radius 2 is 2.07 bits per heavy atom. The molecule has 0 unspecified atom stereocenters. The lowest BCUT2D eigenvalue weighted by Crippen LogP contribution is -2.60. The fourth-order valence-corrected chi connectivity index (χ4v) is 2.76. The van der Waals surface area contributed by atoms with Crippen LogP contribution in [0.2, 0.25) is 0 Å². The van der Waals surface area contributed by atoms with Crippen LogP contribution in [0.1, 0.15) is 17.5 Å². The van der Waals surface area contributed by atoms with Gasteiger partial charge in [-0.25, -0.2) is 4.79 Å². The van der Waals surface area contributed by atoms with E-state index < -0.39 is 29.7 Å². The summed E-state index contributed by atoms with van der Waals surface area (Å²) >= 11 is 0. The summed E-state index contributed by atoms with van der Waals surface area (Å²) in [5, 5.41) is 7.60. The predicted octanol–water partition coefficient (Wildman–Crippen LogP) is 0.894. The topological polar surface area (TPSA) is 90.5 Å².